The quantitative estimate of drug-likeness (QED) is 0.799. The number of benzene rings is 1. The first kappa shape index (κ1) is 17.3. The van der Waals surface area contributed by atoms with Crippen LogP contribution >= 0.6 is 0 Å². The van der Waals surface area contributed by atoms with Crippen LogP contribution in [0.2, 0.25) is 0 Å². The van der Waals surface area contributed by atoms with E-state index >= 15 is 0 Å². The molecule has 0 radical (unpaired) electrons. The Morgan fingerprint density at radius 1 is 1.43 bits per heavy atom. The van der Waals surface area contributed by atoms with E-state index in [4.69, 9.17) is 4.74 Å². The molecule has 1 aliphatic rings. The third kappa shape index (κ3) is 4.97. The lowest BCUT2D eigenvalue weighted by Crippen LogP contribution is -2.49. The van der Waals surface area contributed by atoms with Crippen molar-refractivity contribution in [3.05, 3.63) is 29.8 Å². The zero-order valence-corrected chi connectivity index (χ0v) is 14.1. The van der Waals surface area contributed by atoms with E-state index in [9.17, 15) is 10.1 Å². The molecule has 23 heavy (non-hydrogen) atoms. The fourth-order valence-electron chi connectivity index (χ4n) is 2.68. The zero-order valence-electron chi connectivity index (χ0n) is 14.1. The number of nitrogens with one attached hydrogen (secondary N) is 1. The number of nitriles is 1. The topological polar surface area (TPSA) is 65.4 Å². The summed E-state index contributed by atoms with van der Waals surface area (Å²) in [6.45, 7) is 5.37. The normalized spacial score (nSPS) is 16.5. The van der Waals surface area contributed by atoms with Crippen molar-refractivity contribution in [2.45, 2.75) is 38.8 Å². The maximum atomic E-state index is 12.2. The second kappa shape index (κ2) is 7.47. The summed E-state index contributed by atoms with van der Waals surface area (Å²) in [5, 5.41) is 12.2. The summed E-state index contributed by atoms with van der Waals surface area (Å²) in [6.07, 6.45) is 2.04. The molecule has 5 nitrogen and oxygen atoms in total. The van der Waals surface area contributed by atoms with Crippen LogP contribution in [0.4, 0.5) is 0 Å². The lowest BCUT2D eigenvalue weighted by atomic mass is 9.98. The van der Waals surface area contributed by atoms with Gasteiger partial charge in [0, 0.05) is 6.54 Å². The number of carbonyl (C=O) groups is 1. The summed E-state index contributed by atoms with van der Waals surface area (Å²) in [4.78, 5) is 14.1. The minimum atomic E-state index is -0.725. The van der Waals surface area contributed by atoms with Gasteiger partial charge >= 0.3 is 0 Å². The van der Waals surface area contributed by atoms with Crippen molar-refractivity contribution < 1.29 is 9.53 Å². The van der Waals surface area contributed by atoms with E-state index in [-0.39, 0.29) is 12.5 Å². The first-order chi connectivity index (χ1) is 11.0. The number of hydrogen-bond donors (Lipinski definition) is 1. The Labute approximate surface area is 138 Å². The molecule has 0 heterocycles. The van der Waals surface area contributed by atoms with Gasteiger partial charge in [-0.15, -0.1) is 0 Å². The number of hydrogen-bond acceptors (Lipinski definition) is 4. The smallest absolute Gasteiger partial charge is 0.235 e. The molecule has 0 bridgehead atoms. The van der Waals surface area contributed by atoms with Crippen LogP contribution < -0.4 is 10.1 Å². The summed E-state index contributed by atoms with van der Waals surface area (Å²) >= 11 is 0. The van der Waals surface area contributed by atoms with E-state index in [1.165, 1.54) is 0 Å². The van der Waals surface area contributed by atoms with E-state index in [0.29, 0.717) is 19.1 Å². The fraction of sp³-hybridized carbons (Fsp3) is 0.556. The van der Waals surface area contributed by atoms with Crippen molar-refractivity contribution >= 4 is 5.91 Å². The molecule has 1 N–H and O–H groups in total. The molecule has 2 rings (SSSR count). The van der Waals surface area contributed by atoms with Crippen molar-refractivity contribution in [1.82, 2.24) is 10.2 Å². The number of carbonyl (C=O) groups excluding carboxylic acids is 1. The van der Waals surface area contributed by atoms with Gasteiger partial charge < -0.3 is 10.1 Å². The van der Waals surface area contributed by atoms with E-state index in [1.54, 1.807) is 0 Å². The van der Waals surface area contributed by atoms with Crippen LogP contribution in [0, 0.1) is 17.2 Å². The highest BCUT2D eigenvalue weighted by Gasteiger charge is 2.42. The minimum absolute atomic E-state index is 0.102. The Hall–Kier alpha value is -2.06. The molecule has 0 aromatic heterocycles. The summed E-state index contributed by atoms with van der Waals surface area (Å²) < 4.78 is 5.42. The van der Waals surface area contributed by atoms with Crippen LogP contribution in [0.15, 0.2) is 24.3 Å². The van der Waals surface area contributed by atoms with Gasteiger partial charge in [-0.3, -0.25) is 9.69 Å². The first-order valence-electron chi connectivity index (χ1n) is 8.09. The monoisotopic (exact) mass is 315 g/mol. The maximum Gasteiger partial charge on any atom is 0.235 e. The molecule has 5 heteroatoms. The van der Waals surface area contributed by atoms with Crippen molar-refractivity contribution in [2.24, 2.45) is 5.92 Å². The van der Waals surface area contributed by atoms with Gasteiger partial charge in [0.1, 0.15) is 11.3 Å². The molecule has 1 unspecified atom stereocenters. The Bertz CT molecular complexity index is 575. The lowest BCUT2D eigenvalue weighted by molar-refractivity contribution is -0.123. The Morgan fingerprint density at radius 2 is 2.09 bits per heavy atom. The Kier molecular flexibility index (Phi) is 5.62. The number of nitrogens with zero attached hydrogens (tertiary/aromatic N) is 2. The van der Waals surface area contributed by atoms with Crippen LogP contribution in [-0.2, 0) is 11.3 Å². The van der Waals surface area contributed by atoms with Crippen LogP contribution in [-0.4, -0.2) is 36.5 Å². The van der Waals surface area contributed by atoms with Gasteiger partial charge in [0.25, 0.3) is 0 Å². The average Bonchev–Trinajstić information content (AvgIpc) is 3.34. The van der Waals surface area contributed by atoms with Crippen molar-refractivity contribution in [3.8, 4) is 11.8 Å². The second-order valence-electron chi connectivity index (χ2n) is 6.39. The summed E-state index contributed by atoms with van der Waals surface area (Å²) in [5.74, 6) is 1.05. The van der Waals surface area contributed by atoms with Gasteiger partial charge in [0.05, 0.1) is 19.2 Å². The van der Waals surface area contributed by atoms with Crippen LogP contribution in [0.25, 0.3) is 0 Å². The number of rotatable bonds is 8. The van der Waals surface area contributed by atoms with Gasteiger partial charge in [-0.1, -0.05) is 12.1 Å². The average molecular weight is 315 g/mol. The third-order valence-electron chi connectivity index (χ3n) is 4.13. The van der Waals surface area contributed by atoms with Gasteiger partial charge in [0.2, 0.25) is 5.91 Å². The number of ether oxygens (including phenoxy) is 1. The van der Waals surface area contributed by atoms with E-state index < -0.39 is 5.54 Å². The fourth-order valence-corrected chi connectivity index (χ4v) is 2.68. The molecule has 1 aromatic rings. The molecular formula is C18H25N3O2. The molecule has 0 spiro atoms. The Balaban J connectivity index is 1.82. The van der Waals surface area contributed by atoms with Gasteiger partial charge in [-0.2, -0.15) is 5.26 Å². The zero-order chi connectivity index (χ0) is 16.9. The predicted molar refractivity (Wildman–Crippen MR) is 88.8 cm³/mol. The lowest BCUT2D eigenvalue weighted by Gasteiger charge is -2.25. The largest absolute Gasteiger partial charge is 0.494 e. The molecule has 1 amide bonds. The molecule has 0 aliphatic heterocycles. The minimum Gasteiger partial charge on any atom is -0.494 e. The van der Waals surface area contributed by atoms with E-state index in [0.717, 1.165) is 24.2 Å². The maximum absolute atomic E-state index is 12.2. The van der Waals surface area contributed by atoms with Crippen molar-refractivity contribution in [3.63, 3.8) is 0 Å². The van der Waals surface area contributed by atoms with Gasteiger partial charge in [0.15, 0.2) is 0 Å². The Morgan fingerprint density at radius 3 is 2.61 bits per heavy atom. The molecule has 124 valence electrons. The highest BCUT2D eigenvalue weighted by Crippen LogP contribution is 2.39. The predicted octanol–water partition coefficient (Wildman–Crippen LogP) is 2.33. The summed E-state index contributed by atoms with van der Waals surface area (Å²) in [5.41, 5.74) is 0.394. The molecule has 1 saturated carbocycles. The molecule has 1 fully saturated rings. The summed E-state index contributed by atoms with van der Waals surface area (Å²) in [7, 11) is 1.90. The third-order valence-corrected chi connectivity index (χ3v) is 4.13. The standard InChI is InChI=1S/C18H25N3O2/c1-4-23-16-9-5-14(6-10-16)11-21(3)12-17(22)20-18(2,13-19)15-7-8-15/h5-6,9-10,15H,4,7-8,11-12H2,1-3H3,(H,20,22). The van der Waals surface area contributed by atoms with Crippen LogP contribution in [0.3, 0.4) is 0 Å². The second-order valence-corrected chi connectivity index (χ2v) is 6.39. The molecular weight excluding hydrogens is 290 g/mol. The molecule has 1 atom stereocenters. The van der Waals surface area contributed by atoms with Crippen LogP contribution in [0.1, 0.15) is 32.3 Å². The van der Waals surface area contributed by atoms with E-state index in [1.807, 2.05) is 50.1 Å². The summed E-state index contributed by atoms with van der Waals surface area (Å²) in [6, 6.07) is 10.1. The van der Waals surface area contributed by atoms with Crippen LogP contribution in [0.5, 0.6) is 5.75 Å². The first-order valence-corrected chi connectivity index (χ1v) is 8.09. The highest BCUT2D eigenvalue weighted by molar-refractivity contribution is 5.79. The highest BCUT2D eigenvalue weighted by atomic mass is 16.5. The molecule has 1 aliphatic carbocycles. The van der Waals surface area contributed by atoms with Crippen molar-refractivity contribution in [2.75, 3.05) is 20.2 Å². The van der Waals surface area contributed by atoms with Gasteiger partial charge in [-0.05, 0) is 57.4 Å². The molecule has 0 saturated heterocycles. The van der Waals surface area contributed by atoms with Crippen molar-refractivity contribution in [1.29, 1.82) is 5.26 Å². The number of likely N-dealkylation sites (N-methyl/N-ethyl adjacent to an activating group) is 1. The van der Waals surface area contributed by atoms with E-state index in [2.05, 4.69) is 11.4 Å². The van der Waals surface area contributed by atoms with Gasteiger partial charge in [-0.25, -0.2) is 0 Å². The number of amides is 1. The molecule has 1 aromatic carbocycles. The SMILES string of the molecule is CCOc1ccc(CN(C)CC(=O)NC(C)(C#N)C2CC2)cc1.